The number of rotatable bonds is 8. The monoisotopic (exact) mass is 484 g/mol. The average molecular weight is 485 g/mol. The Morgan fingerprint density at radius 3 is 2.94 bits per heavy atom. The molecule has 1 unspecified atom stereocenters. The first kappa shape index (κ1) is 23.1. The highest BCUT2D eigenvalue weighted by atomic mass is 35.5. The molecule has 2 amide bonds. The summed E-state index contributed by atoms with van der Waals surface area (Å²) in [6.45, 7) is 6.70. The number of fused-ring (bicyclic) bond motifs is 1. The van der Waals surface area contributed by atoms with E-state index in [9.17, 15) is 9.59 Å². The smallest absolute Gasteiger partial charge is 0.290 e. The van der Waals surface area contributed by atoms with Crippen LogP contribution in [0.4, 0.5) is 0 Å². The van der Waals surface area contributed by atoms with E-state index < -0.39 is 0 Å². The van der Waals surface area contributed by atoms with Crippen LogP contribution >= 0.6 is 22.9 Å². The number of hydrogen-bond donors (Lipinski definition) is 0. The molecule has 3 heterocycles. The van der Waals surface area contributed by atoms with E-state index in [1.54, 1.807) is 35.6 Å². The number of carbonyl (C=O) groups excluding carboxylic acids is 2. The summed E-state index contributed by atoms with van der Waals surface area (Å²) in [4.78, 5) is 30.7. The Morgan fingerprint density at radius 2 is 2.21 bits per heavy atom. The maximum absolute atomic E-state index is 13.4. The zero-order valence-electron chi connectivity index (χ0n) is 18.3. The Hall–Kier alpha value is -3.03. The van der Waals surface area contributed by atoms with Crippen molar-refractivity contribution in [2.75, 3.05) is 26.2 Å². The number of furan rings is 1. The van der Waals surface area contributed by atoms with Gasteiger partial charge in [0.1, 0.15) is 18.9 Å². The number of carbonyl (C=O) groups is 2. The highest BCUT2D eigenvalue weighted by Gasteiger charge is 2.33. The molecular weight excluding hydrogens is 460 g/mol. The van der Waals surface area contributed by atoms with Gasteiger partial charge < -0.3 is 19.0 Å². The topological polar surface area (TPSA) is 63.0 Å². The third kappa shape index (κ3) is 5.15. The Kier molecular flexibility index (Phi) is 7.20. The molecule has 0 fully saturated rings. The van der Waals surface area contributed by atoms with Crippen molar-refractivity contribution in [1.29, 1.82) is 0 Å². The summed E-state index contributed by atoms with van der Waals surface area (Å²) < 4.78 is 11.3. The second-order valence-corrected chi connectivity index (χ2v) is 9.23. The van der Waals surface area contributed by atoms with Crippen LogP contribution in [0.3, 0.4) is 0 Å². The molecule has 0 aliphatic carbocycles. The van der Waals surface area contributed by atoms with Gasteiger partial charge in [0.2, 0.25) is 5.91 Å². The first-order valence-electron chi connectivity index (χ1n) is 10.7. The molecule has 3 aromatic rings. The highest BCUT2D eigenvalue weighted by molar-refractivity contribution is 7.10. The van der Waals surface area contributed by atoms with Gasteiger partial charge in [-0.15, -0.1) is 17.9 Å². The maximum atomic E-state index is 13.4. The lowest BCUT2D eigenvalue weighted by molar-refractivity contribution is -0.135. The molecule has 2 aromatic heterocycles. The van der Waals surface area contributed by atoms with E-state index in [1.807, 2.05) is 29.3 Å². The molecule has 172 valence electrons. The van der Waals surface area contributed by atoms with Gasteiger partial charge in [0, 0.05) is 23.0 Å². The molecule has 0 spiro atoms. The normalized spacial score (nSPS) is 15.1. The lowest BCUT2D eigenvalue weighted by Gasteiger charge is -2.37. The Labute approximate surface area is 202 Å². The van der Waals surface area contributed by atoms with Crippen molar-refractivity contribution >= 4 is 34.8 Å². The van der Waals surface area contributed by atoms with Crippen molar-refractivity contribution in [3.63, 3.8) is 0 Å². The fraction of sp³-hybridized carbons (Fsp3) is 0.280. The molecule has 1 aliphatic rings. The molecule has 8 heteroatoms. The zero-order chi connectivity index (χ0) is 23.4. The molecule has 1 aliphatic heterocycles. The second-order valence-electron chi connectivity index (χ2n) is 7.83. The minimum atomic E-state index is -0.342. The zero-order valence-corrected chi connectivity index (χ0v) is 19.9. The van der Waals surface area contributed by atoms with Gasteiger partial charge >= 0.3 is 0 Å². The first-order chi connectivity index (χ1) is 16.0. The summed E-state index contributed by atoms with van der Waals surface area (Å²) in [5.74, 6) is 0.412. The number of nitrogens with zero attached hydrogens (tertiary/aromatic N) is 2. The van der Waals surface area contributed by atoms with Crippen LogP contribution in [-0.4, -0.2) is 47.9 Å². The number of benzene rings is 1. The minimum absolute atomic E-state index is 0.0679. The molecule has 33 heavy (non-hydrogen) atoms. The summed E-state index contributed by atoms with van der Waals surface area (Å²) in [5.41, 5.74) is 2.02. The highest BCUT2D eigenvalue weighted by Crippen LogP contribution is 2.34. The lowest BCUT2D eigenvalue weighted by atomic mass is 10.0. The Morgan fingerprint density at radius 1 is 1.36 bits per heavy atom. The van der Waals surface area contributed by atoms with Gasteiger partial charge in [-0.25, -0.2) is 0 Å². The number of hydrogen-bond acceptors (Lipinski definition) is 5. The molecule has 6 nitrogen and oxygen atoms in total. The standard InChI is InChI=1S/C25H25ClN2O4S/c1-3-10-27(25(30)22-5-4-12-31-22)15-24(29)28-11-8-23-19(9-13-33-23)21(28)16-32-18-6-7-20(26)17(2)14-18/h3-7,9,12-14,21H,1,8,10-11,15-16H2,2H3. The third-order valence-electron chi connectivity index (χ3n) is 5.65. The van der Waals surface area contributed by atoms with Gasteiger partial charge in [-0.1, -0.05) is 17.7 Å². The van der Waals surface area contributed by atoms with E-state index in [0.717, 1.165) is 17.5 Å². The minimum Gasteiger partial charge on any atom is -0.491 e. The number of ether oxygens (including phenoxy) is 1. The lowest BCUT2D eigenvalue weighted by Crippen LogP contribution is -2.47. The van der Waals surface area contributed by atoms with Crippen molar-refractivity contribution in [2.24, 2.45) is 0 Å². The molecule has 1 atom stereocenters. The van der Waals surface area contributed by atoms with E-state index in [1.165, 1.54) is 16.0 Å². The molecule has 4 rings (SSSR count). The van der Waals surface area contributed by atoms with Crippen LogP contribution < -0.4 is 4.74 Å². The summed E-state index contributed by atoms with van der Waals surface area (Å²) in [6, 6.07) is 10.6. The van der Waals surface area contributed by atoms with Crippen LogP contribution in [0, 0.1) is 6.92 Å². The van der Waals surface area contributed by atoms with Crippen LogP contribution in [-0.2, 0) is 11.2 Å². The van der Waals surface area contributed by atoms with E-state index in [-0.39, 0.29) is 36.7 Å². The van der Waals surface area contributed by atoms with E-state index in [0.29, 0.717) is 23.9 Å². The van der Waals surface area contributed by atoms with Crippen LogP contribution in [0.2, 0.25) is 5.02 Å². The average Bonchev–Trinajstić information content (AvgIpc) is 3.51. The third-order valence-corrected chi connectivity index (χ3v) is 7.07. The fourth-order valence-electron chi connectivity index (χ4n) is 3.94. The van der Waals surface area contributed by atoms with E-state index >= 15 is 0 Å². The van der Waals surface area contributed by atoms with Crippen LogP contribution in [0.15, 0.2) is 65.1 Å². The van der Waals surface area contributed by atoms with Crippen LogP contribution in [0.25, 0.3) is 0 Å². The maximum Gasteiger partial charge on any atom is 0.290 e. The van der Waals surface area contributed by atoms with E-state index in [2.05, 4.69) is 12.6 Å². The molecule has 0 bridgehead atoms. The summed E-state index contributed by atoms with van der Waals surface area (Å²) in [6.07, 6.45) is 3.82. The number of aryl methyl sites for hydroxylation is 1. The summed E-state index contributed by atoms with van der Waals surface area (Å²) in [5, 5.41) is 2.73. The van der Waals surface area contributed by atoms with Crippen molar-refractivity contribution < 1.29 is 18.7 Å². The molecule has 0 saturated heterocycles. The molecular formula is C25H25ClN2O4S. The van der Waals surface area contributed by atoms with Crippen molar-refractivity contribution in [3.8, 4) is 5.75 Å². The SMILES string of the molecule is C=CCN(CC(=O)N1CCc2sccc2C1COc1ccc(Cl)c(C)c1)C(=O)c1ccco1. The predicted molar refractivity (Wildman–Crippen MR) is 129 cm³/mol. The molecule has 1 aromatic carbocycles. The van der Waals surface area contributed by atoms with E-state index in [4.69, 9.17) is 20.8 Å². The largest absolute Gasteiger partial charge is 0.491 e. The number of halogens is 1. The molecule has 0 N–H and O–H groups in total. The van der Waals surface area contributed by atoms with Gasteiger partial charge in [0.05, 0.1) is 12.3 Å². The fourth-order valence-corrected chi connectivity index (χ4v) is 4.99. The van der Waals surface area contributed by atoms with Crippen LogP contribution in [0.5, 0.6) is 5.75 Å². The number of amides is 2. The van der Waals surface area contributed by atoms with Gasteiger partial charge in [-0.3, -0.25) is 9.59 Å². The van der Waals surface area contributed by atoms with Crippen LogP contribution in [0.1, 0.15) is 32.6 Å². The summed E-state index contributed by atoms with van der Waals surface area (Å²) in [7, 11) is 0. The predicted octanol–water partition coefficient (Wildman–Crippen LogP) is 5.14. The molecule has 0 radical (unpaired) electrons. The van der Waals surface area contributed by atoms with Gasteiger partial charge in [0.25, 0.3) is 5.91 Å². The number of thiophene rings is 1. The van der Waals surface area contributed by atoms with Gasteiger partial charge in [-0.2, -0.15) is 0 Å². The Balaban J connectivity index is 1.52. The second kappa shape index (κ2) is 10.3. The summed E-state index contributed by atoms with van der Waals surface area (Å²) >= 11 is 7.82. The van der Waals surface area contributed by atoms with Gasteiger partial charge in [-0.05, 0) is 66.2 Å². The van der Waals surface area contributed by atoms with Crippen molar-refractivity contribution in [1.82, 2.24) is 9.80 Å². The Bertz CT molecular complexity index is 1140. The molecule has 0 saturated carbocycles. The quantitative estimate of drug-likeness (QED) is 0.415. The van der Waals surface area contributed by atoms with Crippen molar-refractivity contribution in [3.05, 3.63) is 87.5 Å². The van der Waals surface area contributed by atoms with Gasteiger partial charge in [0.15, 0.2) is 5.76 Å². The van der Waals surface area contributed by atoms with Crippen molar-refractivity contribution in [2.45, 2.75) is 19.4 Å². The first-order valence-corrected chi connectivity index (χ1v) is 11.9.